The summed E-state index contributed by atoms with van der Waals surface area (Å²) in [5, 5.41) is 3.65. The van der Waals surface area contributed by atoms with Crippen molar-refractivity contribution < 1.29 is 4.79 Å². The van der Waals surface area contributed by atoms with E-state index in [0.717, 1.165) is 26.8 Å². The summed E-state index contributed by atoms with van der Waals surface area (Å²) in [6, 6.07) is 11.3. The van der Waals surface area contributed by atoms with Crippen LogP contribution < -0.4 is 5.32 Å². The number of para-hydroxylation sites is 1. The van der Waals surface area contributed by atoms with Crippen molar-refractivity contribution in [1.82, 2.24) is 0 Å². The second kappa shape index (κ2) is 6.59. The molecule has 0 unspecified atom stereocenters. The van der Waals surface area contributed by atoms with Crippen LogP contribution in [0.4, 0.5) is 5.69 Å². The highest BCUT2D eigenvalue weighted by atomic mass is 127. The quantitative estimate of drug-likeness (QED) is 0.718. The minimum absolute atomic E-state index is 0.102. The van der Waals surface area contributed by atoms with Crippen molar-refractivity contribution in [3.05, 3.63) is 61.7 Å². The number of rotatable bonds is 3. The lowest BCUT2D eigenvalue weighted by Crippen LogP contribution is -2.15. The second-order valence-corrected chi connectivity index (χ2v) is 6.14. The molecule has 0 spiro atoms. The molecule has 0 aliphatic heterocycles. The van der Waals surface area contributed by atoms with Gasteiger partial charge in [0.25, 0.3) is 5.91 Å². The first-order valence-electron chi connectivity index (χ1n) is 6.37. The summed E-state index contributed by atoms with van der Waals surface area (Å²) in [5.41, 5.74) is 3.76. The van der Waals surface area contributed by atoms with E-state index in [-0.39, 0.29) is 5.91 Å². The predicted octanol–water partition coefficient (Wildman–Crippen LogP) is 5.07. The lowest BCUT2D eigenvalue weighted by atomic mass is 10.1. The first kappa shape index (κ1) is 15.3. The molecule has 1 N–H and O–H groups in total. The maximum Gasteiger partial charge on any atom is 0.256 e. The lowest BCUT2D eigenvalue weighted by Gasteiger charge is -2.13. The Balaban J connectivity index is 2.33. The average molecular weight is 400 g/mol. The van der Waals surface area contributed by atoms with Gasteiger partial charge in [-0.2, -0.15) is 0 Å². The Morgan fingerprint density at radius 3 is 2.70 bits per heavy atom. The molecule has 0 atom stereocenters. The number of hydrogen-bond donors (Lipinski definition) is 1. The maximum absolute atomic E-state index is 12.4. The topological polar surface area (TPSA) is 29.1 Å². The van der Waals surface area contributed by atoms with Crippen molar-refractivity contribution in [2.75, 3.05) is 5.32 Å². The molecular formula is C16H15ClINO. The highest BCUT2D eigenvalue weighted by Crippen LogP contribution is 2.24. The van der Waals surface area contributed by atoms with Gasteiger partial charge in [-0.15, -0.1) is 0 Å². The van der Waals surface area contributed by atoms with Crippen molar-refractivity contribution in [2.45, 2.75) is 20.3 Å². The molecule has 0 heterocycles. The molecule has 0 saturated heterocycles. The summed E-state index contributed by atoms with van der Waals surface area (Å²) in [7, 11) is 0. The van der Waals surface area contributed by atoms with Crippen molar-refractivity contribution in [2.24, 2.45) is 0 Å². The summed E-state index contributed by atoms with van der Waals surface area (Å²) < 4.78 is 0.847. The van der Waals surface area contributed by atoms with E-state index in [9.17, 15) is 4.79 Å². The zero-order valence-corrected chi connectivity index (χ0v) is 14.2. The SMILES string of the molecule is CCc1cccc(C)c1NC(=O)c1ccc(Cl)cc1I. The van der Waals surface area contributed by atoms with Crippen LogP contribution in [-0.4, -0.2) is 5.91 Å². The molecule has 2 aromatic rings. The first-order valence-corrected chi connectivity index (χ1v) is 7.83. The molecule has 20 heavy (non-hydrogen) atoms. The molecule has 0 aliphatic carbocycles. The largest absolute Gasteiger partial charge is 0.321 e. The Morgan fingerprint density at radius 1 is 1.30 bits per heavy atom. The molecule has 4 heteroatoms. The van der Waals surface area contributed by atoms with E-state index in [1.54, 1.807) is 18.2 Å². The number of hydrogen-bond acceptors (Lipinski definition) is 1. The Labute approximate surface area is 137 Å². The van der Waals surface area contributed by atoms with E-state index < -0.39 is 0 Å². The Hall–Kier alpha value is -1.07. The number of halogens is 2. The summed E-state index contributed by atoms with van der Waals surface area (Å²) in [6.45, 7) is 4.08. The van der Waals surface area contributed by atoms with Crippen LogP contribution in [0.3, 0.4) is 0 Å². The Morgan fingerprint density at radius 2 is 2.05 bits per heavy atom. The third-order valence-electron chi connectivity index (χ3n) is 3.15. The summed E-state index contributed by atoms with van der Waals surface area (Å²) in [4.78, 5) is 12.4. The van der Waals surface area contributed by atoms with Gasteiger partial charge < -0.3 is 5.32 Å². The van der Waals surface area contributed by atoms with Gasteiger partial charge in [0.1, 0.15) is 0 Å². The van der Waals surface area contributed by atoms with Crippen molar-refractivity contribution in [3.8, 4) is 0 Å². The molecule has 2 rings (SSSR count). The van der Waals surface area contributed by atoms with Gasteiger partial charge in [0.05, 0.1) is 5.56 Å². The fourth-order valence-corrected chi connectivity index (χ4v) is 3.17. The van der Waals surface area contributed by atoms with Gasteiger partial charge in [0, 0.05) is 14.3 Å². The van der Waals surface area contributed by atoms with E-state index in [0.29, 0.717) is 10.6 Å². The van der Waals surface area contributed by atoms with Crippen LogP contribution >= 0.6 is 34.2 Å². The minimum atomic E-state index is -0.102. The number of amides is 1. The van der Waals surface area contributed by atoms with Crippen LogP contribution in [0.15, 0.2) is 36.4 Å². The van der Waals surface area contributed by atoms with E-state index in [2.05, 4.69) is 34.8 Å². The molecule has 0 aliphatic rings. The third-order valence-corrected chi connectivity index (χ3v) is 4.28. The monoisotopic (exact) mass is 399 g/mol. The van der Waals surface area contributed by atoms with Crippen LogP contribution in [0.25, 0.3) is 0 Å². The number of anilines is 1. The number of carbonyl (C=O) groups excluding carboxylic acids is 1. The normalized spacial score (nSPS) is 10.4. The van der Waals surface area contributed by atoms with Crippen LogP contribution in [0.5, 0.6) is 0 Å². The highest BCUT2D eigenvalue weighted by Gasteiger charge is 2.13. The number of aryl methyl sites for hydroxylation is 2. The Bertz CT molecular complexity index is 655. The van der Waals surface area contributed by atoms with Gasteiger partial charge in [-0.3, -0.25) is 4.79 Å². The fourth-order valence-electron chi connectivity index (χ4n) is 2.06. The van der Waals surface area contributed by atoms with Gasteiger partial charge in [0.15, 0.2) is 0 Å². The van der Waals surface area contributed by atoms with Crippen molar-refractivity contribution >= 4 is 45.8 Å². The fraction of sp³-hybridized carbons (Fsp3) is 0.188. The molecule has 0 fully saturated rings. The zero-order valence-electron chi connectivity index (χ0n) is 11.3. The Kier molecular flexibility index (Phi) is 5.05. The van der Waals surface area contributed by atoms with E-state index in [4.69, 9.17) is 11.6 Å². The maximum atomic E-state index is 12.4. The van der Waals surface area contributed by atoms with Gasteiger partial charge in [0.2, 0.25) is 0 Å². The number of nitrogens with one attached hydrogen (secondary N) is 1. The number of carbonyl (C=O) groups is 1. The highest BCUT2D eigenvalue weighted by molar-refractivity contribution is 14.1. The lowest BCUT2D eigenvalue weighted by molar-refractivity contribution is 0.102. The second-order valence-electron chi connectivity index (χ2n) is 4.54. The third kappa shape index (κ3) is 3.33. The predicted molar refractivity (Wildman–Crippen MR) is 92.7 cm³/mol. The first-order chi connectivity index (χ1) is 9.52. The molecule has 0 aromatic heterocycles. The average Bonchev–Trinajstić information content (AvgIpc) is 2.40. The molecule has 1 amide bonds. The summed E-state index contributed by atoms with van der Waals surface area (Å²) >= 11 is 8.04. The molecule has 104 valence electrons. The smallest absolute Gasteiger partial charge is 0.256 e. The summed E-state index contributed by atoms with van der Waals surface area (Å²) in [5.74, 6) is -0.102. The molecule has 0 radical (unpaired) electrons. The zero-order chi connectivity index (χ0) is 14.7. The van der Waals surface area contributed by atoms with Gasteiger partial charge in [-0.1, -0.05) is 36.7 Å². The van der Waals surface area contributed by atoms with Crippen LogP contribution in [-0.2, 0) is 6.42 Å². The van der Waals surface area contributed by atoms with Crippen LogP contribution in [0, 0.1) is 10.5 Å². The molecule has 2 nitrogen and oxygen atoms in total. The van der Waals surface area contributed by atoms with E-state index in [1.807, 2.05) is 25.1 Å². The van der Waals surface area contributed by atoms with Gasteiger partial charge in [-0.05, 0) is 65.3 Å². The van der Waals surface area contributed by atoms with E-state index >= 15 is 0 Å². The minimum Gasteiger partial charge on any atom is -0.321 e. The standard InChI is InChI=1S/C16H15ClINO/c1-3-11-6-4-5-10(2)15(11)19-16(20)13-8-7-12(17)9-14(13)18/h4-9H,3H2,1-2H3,(H,19,20). The summed E-state index contributed by atoms with van der Waals surface area (Å²) in [6.07, 6.45) is 0.884. The molecule has 0 bridgehead atoms. The molecular weight excluding hydrogens is 385 g/mol. The number of benzene rings is 2. The van der Waals surface area contributed by atoms with Gasteiger partial charge in [-0.25, -0.2) is 0 Å². The van der Waals surface area contributed by atoms with Crippen molar-refractivity contribution in [3.63, 3.8) is 0 Å². The molecule has 0 saturated carbocycles. The van der Waals surface area contributed by atoms with E-state index in [1.165, 1.54) is 0 Å². The van der Waals surface area contributed by atoms with Gasteiger partial charge >= 0.3 is 0 Å². The van der Waals surface area contributed by atoms with Crippen LogP contribution in [0.1, 0.15) is 28.4 Å². The van der Waals surface area contributed by atoms with Crippen molar-refractivity contribution in [1.29, 1.82) is 0 Å². The van der Waals surface area contributed by atoms with Crippen LogP contribution in [0.2, 0.25) is 5.02 Å². The molecule has 2 aromatic carbocycles.